The second-order valence-electron chi connectivity index (χ2n) is 7.15. The largest absolute Gasteiger partial charge is 0.347 e. The number of thiophene rings is 1. The van der Waals surface area contributed by atoms with Crippen molar-refractivity contribution in [2.45, 2.75) is 11.4 Å². The number of para-hydroxylation sites is 1. The average Bonchev–Trinajstić information content (AvgIpc) is 3.30. The van der Waals surface area contributed by atoms with Crippen molar-refractivity contribution >= 4 is 33.0 Å². The van der Waals surface area contributed by atoms with Gasteiger partial charge in [-0.3, -0.25) is 9.10 Å². The normalized spacial score (nSPS) is 11.2. The molecule has 0 unspecified atom stereocenters. The zero-order valence-electron chi connectivity index (χ0n) is 17.4. The molecule has 5 nitrogen and oxygen atoms in total. The Morgan fingerprint density at radius 1 is 0.875 bits per heavy atom. The van der Waals surface area contributed by atoms with Gasteiger partial charge in [0.15, 0.2) is 0 Å². The van der Waals surface area contributed by atoms with Crippen molar-refractivity contribution in [1.29, 1.82) is 0 Å². The second kappa shape index (κ2) is 9.38. The van der Waals surface area contributed by atoms with E-state index in [-0.39, 0.29) is 9.77 Å². The number of hydrogen-bond acceptors (Lipinski definition) is 4. The first-order valence-corrected chi connectivity index (χ1v) is 12.3. The third kappa shape index (κ3) is 4.44. The minimum atomic E-state index is -4.00. The third-order valence-electron chi connectivity index (χ3n) is 5.07. The molecule has 162 valence electrons. The molecule has 7 heteroatoms. The van der Waals surface area contributed by atoms with E-state index in [0.29, 0.717) is 17.8 Å². The molecule has 0 spiro atoms. The van der Waals surface area contributed by atoms with Gasteiger partial charge in [0.1, 0.15) is 9.77 Å². The van der Waals surface area contributed by atoms with Crippen LogP contribution in [-0.4, -0.2) is 21.4 Å². The van der Waals surface area contributed by atoms with Crippen LogP contribution in [-0.2, 0) is 16.6 Å². The first-order chi connectivity index (χ1) is 15.5. The van der Waals surface area contributed by atoms with E-state index in [1.807, 2.05) is 66.7 Å². The first kappa shape index (κ1) is 21.8. The predicted molar refractivity (Wildman–Crippen MR) is 129 cm³/mol. The smallest absolute Gasteiger partial charge is 0.266 e. The van der Waals surface area contributed by atoms with E-state index in [1.54, 1.807) is 29.6 Å². The fourth-order valence-electron chi connectivity index (χ4n) is 3.35. The summed E-state index contributed by atoms with van der Waals surface area (Å²) >= 11 is 1.14. The highest BCUT2D eigenvalue weighted by atomic mass is 32.2. The summed E-state index contributed by atoms with van der Waals surface area (Å²) in [5.74, 6) is -0.416. The lowest BCUT2D eigenvalue weighted by Gasteiger charge is -2.21. The second-order valence-corrected chi connectivity index (χ2v) is 9.94. The van der Waals surface area contributed by atoms with Gasteiger partial charge in [-0.15, -0.1) is 11.3 Å². The Morgan fingerprint density at radius 3 is 2.06 bits per heavy atom. The van der Waals surface area contributed by atoms with E-state index in [1.165, 1.54) is 11.4 Å². The van der Waals surface area contributed by atoms with Crippen molar-refractivity contribution < 1.29 is 13.2 Å². The Bertz CT molecular complexity index is 1300. The van der Waals surface area contributed by atoms with Gasteiger partial charge in [0, 0.05) is 24.5 Å². The number of amides is 1. The lowest BCUT2D eigenvalue weighted by molar-refractivity contribution is 0.0952. The molecule has 1 N–H and O–H groups in total. The molecule has 4 rings (SSSR count). The predicted octanol–water partition coefficient (Wildman–Crippen LogP) is 5.17. The maximum Gasteiger partial charge on any atom is 0.266 e. The lowest BCUT2D eigenvalue weighted by Crippen LogP contribution is -2.30. The van der Waals surface area contributed by atoms with Crippen LogP contribution in [0.3, 0.4) is 0 Å². The van der Waals surface area contributed by atoms with Crippen molar-refractivity contribution in [3.05, 3.63) is 107 Å². The number of nitrogens with one attached hydrogen (secondary N) is 1. The van der Waals surface area contributed by atoms with Crippen molar-refractivity contribution in [1.82, 2.24) is 5.32 Å². The molecule has 0 aliphatic carbocycles. The van der Waals surface area contributed by atoms with Crippen LogP contribution < -0.4 is 9.62 Å². The quantitative estimate of drug-likeness (QED) is 0.412. The number of sulfonamides is 1. The summed E-state index contributed by atoms with van der Waals surface area (Å²) in [7, 11) is -2.50. The molecular weight excluding hydrogens is 440 g/mol. The van der Waals surface area contributed by atoms with Crippen LogP contribution in [0.4, 0.5) is 5.69 Å². The van der Waals surface area contributed by atoms with Crippen LogP contribution in [0.2, 0.25) is 0 Å². The Hall–Kier alpha value is -3.42. The molecular formula is C25H22N2O3S2. The summed E-state index contributed by atoms with van der Waals surface area (Å²) < 4.78 is 28.7. The highest BCUT2D eigenvalue weighted by molar-refractivity contribution is 7.93. The number of hydrogen-bond donors (Lipinski definition) is 1. The summed E-state index contributed by atoms with van der Waals surface area (Å²) in [4.78, 5) is 13.3. The molecule has 0 saturated carbocycles. The topological polar surface area (TPSA) is 66.5 Å². The number of nitrogens with zero attached hydrogens (tertiary/aromatic N) is 1. The number of carbonyl (C=O) groups excluding carboxylic acids is 1. The Balaban J connectivity index is 1.76. The minimum Gasteiger partial charge on any atom is -0.347 e. The van der Waals surface area contributed by atoms with Crippen molar-refractivity contribution in [3.8, 4) is 11.1 Å². The molecule has 1 heterocycles. The maximum atomic E-state index is 13.7. The Labute approximate surface area is 192 Å². The van der Waals surface area contributed by atoms with Crippen molar-refractivity contribution in [2.75, 3.05) is 11.4 Å². The SMILES string of the molecule is CN(c1ccccc1)S(=O)(=O)c1c(-c2ccccc2)csc1C(=O)NCc1ccccc1. The zero-order chi connectivity index (χ0) is 22.6. The van der Waals surface area contributed by atoms with Gasteiger partial charge in [-0.2, -0.15) is 0 Å². The van der Waals surface area contributed by atoms with Crippen LogP contribution in [0.25, 0.3) is 11.1 Å². The molecule has 0 atom stereocenters. The van der Waals surface area contributed by atoms with E-state index in [9.17, 15) is 13.2 Å². The van der Waals surface area contributed by atoms with Crippen LogP contribution in [0, 0.1) is 0 Å². The molecule has 0 saturated heterocycles. The van der Waals surface area contributed by atoms with Gasteiger partial charge < -0.3 is 5.32 Å². The summed E-state index contributed by atoms with van der Waals surface area (Å²) in [6.45, 7) is 0.312. The van der Waals surface area contributed by atoms with E-state index in [0.717, 1.165) is 22.5 Å². The number of carbonyl (C=O) groups is 1. The number of rotatable bonds is 7. The molecule has 0 bridgehead atoms. The van der Waals surface area contributed by atoms with Gasteiger partial charge in [-0.1, -0.05) is 78.9 Å². The van der Waals surface area contributed by atoms with Gasteiger partial charge in [0.05, 0.1) is 5.69 Å². The fraction of sp³-hybridized carbons (Fsp3) is 0.0800. The average molecular weight is 463 g/mol. The highest BCUT2D eigenvalue weighted by Crippen LogP contribution is 2.37. The molecule has 1 amide bonds. The fourth-order valence-corrected chi connectivity index (χ4v) is 6.22. The van der Waals surface area contributed by atoms with Crippen LogP contribution in [0.15, 0.2) is 101 Å². The maximum absolute atomic E-state index is 13.7. The van der Waals surface area contributed by atoms with Crippen LogP contribution in [0.1, 0.15) is 15.2 Å². The molecule has 32 heavy (non-hydrogen) atoms. The number of anilines is 1. The molecule has 0 aliphatic rings. The summed E-state index contributed by atoms with van der Waals surface area (Å²) in [6, 6.07) is 27.6. The summed E-state index contributed by atoms with van der Waals surface area (Å²) in [5, 5.41) is 4.59. The Morgan fingerprint density at radius 2 is 1.44 bits per heavy atom. The van der Waals surface area contributed by atoms with Gasteiger partial charge in [0.2, 0.25) is 0 Å². The first-order valence-electron chi connectivity index (χ1n) is 10.0. The number of benzene rings is 3. The van der Waals surface area contributed by atoms with E-state index < -0.39 is 15.9 Å². The molecule has 3 aromatic carbocycles. The summed E-state index contributed by atoms with van der Waals surface area (Å²) in [6.07, 6.45) is 0. The Kier molecular flexibility index (Phi) is 6.39. The standard InChI is InChI=1S/C25H22N2O3S2/c1-27(21-15-9-4-10-16-21)32(29,30)24-22(20-13-7-3-8-14-20)18-31-23(24)25(28)26-17-19-11-5-2-6-12-19/h2-16,18H,17H2,1H3,(H,26,28). The van der Waals surface area contributed by atoms with Crippen molar-refractivity contribution in [2.24, 2.45) is 0 Å². The molecule has 4 aromatic rings. The minimum absolute atomic E-state index is 0.0191. The third-order valence-corrected chi connectivity index (χ3v) is 8.05. The molecule has 0 radical (unpaired) electrons. The van der Waals surface area contributed by atoms with Gasteiger partial charge >= 0.3 is 0 Å². The van der Waals surface area contributed by atoms with E-state index >= 15 is 0 Å². The van der Waals surface area contributed by atoms with Gasteiger partial charge in [-0.05, 0) is 23.3 Å². The van der Waals surface area contributed by atoms with Crippen molar-refractivity contribution in [3.63, 3.8) is 0 Å². The van der Waals surface area contributed by atoms with Gasteiger partial charge in [-0.25, -0.2) is 8.42 Å². The lowest BCUT2D eigenvalue weighted by atomic mass is 10.1. The summed E-state index contributed by atoms with van der Waals surface area (Å²) in [5.41, 5.74) is 2.72. The zero-order valence-corrected chi connectivity index (χ0v) is 19.1. The van der Waals surface area contributed by atoms with E-state index in [4.69, 9.17) is 0 Å². The molecule has 1 aromatic heterocycles. The van der Waals surface area contributed by atoms with Crippen LogP contribution >= 0.6 is 11.3 Å². The van der Waals surface area contributed by atoms with Gasteiger partial charge in [0.25, 0.3) is 15.9 Å². The highest BCUT2D eigenvalue weighted by Gasteiger charge is 2.32. The molecule has 0 aliphatic heterocycles. The molecule has 0 fully saturated rings. The monoisotopic (exact) mass is 462 g/mol. The van der Waals surface area contributed by atoms with Crippen LogP contribution in [0.5, 0.6) is 0 Å². The van der Waals surface area contributed by atoms with E-state index in [2.05, 4.69) is 5.32 Å².